The first-order chi connectivity index (χ1) is 8.54. The second kappa shape index (κ2) is 5.71. The number of hydrogen-bond donors (Lipinski definition) is 2. The Labute approximate surface area is 114 Å². The fourth-order valence-corrected chi connectivity index (χ4v) is 2.84. The van der Waals surface area contributed by atoms with Crippen molar-refractivity contribution in [3.63, 3.8) is 0 Å². The lowest BCUT2D eigenvalue weighted by Crippen LogP contribution is -2.41. The van der Waals surface area contributed by atoms with Gasteiger partial charge in [0, 0.05) is 4.88 Å². The number of carbonyl (C=O) groups excluding carboxylic acids is 1. The minimum Gasteiger partial charge on any atom is -0.480 e. The summed E-state index contributed by atoms with van der Waals surface area (Å²) in [5.74, 6) is -0.761. The number of carboxylic acids is 1. The van der Waals surface area contributed by atoms with Crippen LogP contribution >= 0.6 is 22.9 Å². The van der Waals surface area contributed by atoms with Gasteiger partial charge in [0.1, 0.15) is 6.04 Å². The largest absolute Gasteiger partial charge is 0.480 e. The fraction of sp³-hybridized carbons (Fsp3) is 0.500. The lowest BCUT2D eigenvalue weighted by molar-refractivity contribution is -0.142. The molecule has 0 aliphatic heterocycles. The quantitative estimate of drug-likeness (QED) is 0.844. The van der Waals surface area contributed by atoms with Crippen LogP contribution in [-0.2, 0) is 16.0 Å². The zero-order valence-corrected chi connectivity index (χ0v) is 11.3. The predicted octanol–water partition coefficient (Wildman–Crippen LogP) is 2.31. The maximum absolute atomic E-state index is 11.7. The van der Waals surface area contributed by atoms with Crippen molar-refractivity contribution in [2.45, 2.75) is 31.7 Å². The zero-order chi connectivity index (χ0) is 13.1. The Morgan fingerprint density at radius 3 is 2.72 bits per heavy atom. The first kappa shape index (κ1) is 13.4. The SMILES string of the molecule is O=C(Cc1ccc(Cl)s1)NC(CC1CC1)C(=O)O. The van der Waals surface area contributed by atoms with Crippen LogP contribution in [0.5, 0.6) is 0 Å². The number of nitrogens with one attached hydrogen (secondary N) is 1. The van der Waals surface area contributed by atoms with Crippen molar-refractivity contribution < 1.29 is 14.7 Å². The van der Waals surface area contributed by atoms with Gasteiger partial charge in [-0.2, -0.15) is 0 Å². The molecule has 1 fully saturated rings. The van der Waals surface area contributed by atoms with Gasteiger partial charge in [0.2, 0.25) is 5.91 Å². The summed E-state index contributed by atoms with van der Waals surface area (Å²) in [6.07, 6.45) is 2.86. The van der Waals surface area contributed by atoms with Gasteiger partial charge >= 0.3 is 5.97 Å². The van der Waals surface area contributed by atoms with Gasteiger partial charge in [-0.1, -0.05) is 24.4 Å². The molecule has 1 aliphatic rings. The van der Waals surface area contributed by atoms with Crippen molar-refractivity contribution in [1.29, 1.82) is 0 Å². The molecule has 1 aliphatic carbocycles. The molecule has 2 N–H and O–H groups in total. The highest BCUT2D eigenvalue weighted by molar-refractivity contribution is 7.16. The Morgan fingerprint density at radius 2 is 2.22 bits per heavy atom. The van der Waals surface area contributed by atoms with Crippen LogP contribution in [0.3, 0.4) is 0 Å². The van der Waals surface area contributed by atoms with Crippen molar-refractivity contribution in [1.82, 2.24) is 5.32 Å². The summed E-state index contributed by atoms with van der Waals surface area (Å²) in [4.78, 5) is 23.6. The van der Waals surface area contributed by atoms with Gasteiger partial charge in [-0.15, -0.1) is 11.3 Å². The van der Waals surface area contributed by atoms with Gasteiger partial charge < -0.3 is 10.4 Å². The summed E-state index contributed by atoms with van der Waals surface area (Å²) < 4.78 is 0.630. The molecule has 18 heavy (non-hydrogen) atoms. The second-order valence-electron chi connectivity index (χ2n) is 4.52. The maximum atomic E-state index is 11.7. The summed E-state index contributed by atoms with van der Waals surface area (Å²) >= 11 is 7.10. The Balaban J connectivity index is 1.85. The molecule has 0 radical (unpaired) electrons. The third-order valence-corrected chi connectivity index (χ3v) is 4.09. The van der Waals surface area contributed by atoms with Crippen LogP contribution < -0.4 is 5.32 Å². The molecule has 0 spiro atoms. The smallest absolute Gasteiger partial charge is 0.326 e. The van der Waals surface area contributed by atoms with E-state index in [1.807, 2.05) is 0 Å². The summed E-state index contributed by atoms with van der Waals surface area (Å²) in [5.41, 5.74) is 0. The average molecular weight is 288 g/mol. The molecule has 1 amide bonds. The van der Waals surface area contributed by atoms with Gasteiger partial charge in [0.25, 0.3) is 0 Å². The van der Waals surface area contributed by atoms with E-state index in [2.05, 4.69) is 5.32 Å². The Hall–Kier alpha value is -1.07. The first-order valence-electron chi connectivity index (χ1n) is 5.81. The number of carbonyl (C=O) groups is 2. The predicted molar refractivity (Wildman–Crippen MR) is 69.9 cm³/mol. The van der Waals surface area contributed by atoms with Gasteiger partial charge in [-0.05, 0) is 24.5 Å². The van der Waals surface area contributed by atoms with Crippen molar-refractivity contribution in [2.24, 2.45) is 5.92 Å². The van der Waals surface area contributed by atoms with E-state index in [-0.39, 0.29) is 12.3 Å². The van der Waals surface area contributed by atoms with Gasteiger partial charge in [0.05, 0.1) is 10.8 Å². The molecule has 1 aromatic rings. The molecular weight excluding hydrogens is 274 g/mol. The Morgan fingerprint density at radius 1 is 1.50 bits per heavy atom. The standard InChI is InChI=1S/C12H14ClNO3S/c13-10-4-3-8(18-10)6-11(15)14-9(12(16)17)5-7-1-2-7/h3-4,7,9H,1-2,5-6H2,(H,14,15)(H,16,17). The molecule has 4 nitrogen and oxygen atoms in total. The number of thiophene rings is 1. The number of carboxylic acid groups (broad SMARTS) is 1. The van der Waals surface area contributed by atoms with Crippen LogP contribution in [0.4, 0.5) is 0 Å². The summed E-state index contributed by atoms with van der Waals surface area (Å²) in [6.45, 7) is 0. The van der Waals surface area contributed by atoms with Crippen LogP contribution in [0.2, 0.25) is 4.34 Å². The topological polar surface area (TPSA) is 66.4 Å². The number of hydrogen-bond acceptors (Lipinski definition) is 3. The molecule has 0 bridgehead atoms. The minimum atomic E-state index is -0.959. The van der Waals surface area contributed by atoms with E-state index in [1.165, 1.54) is 11.3 Å². The number of halogens is 1. The number of amides is 1. The molecule has 6 heteroatoms. The fourth-order valence-electron chi connectivity index (χ4n) is 1.76. The van der Waals surface area contributed by atoms with Crippen molar-refractivity contribution >= 4 is 34.8 Å². The second-order valence-corrected chi connectivity index (χ2v) is 6.32. The molecular formula is C12H14ClNO3S. The van der Waals surface area contributed by atoms with E-state index in [0.717, 1.165) is 17.7 Å². The highest BCUT2D eigenvalue weighted by Crippen LogP contribution is 2.33. The molecule has 2 rings (SSSR count). The average Bonchev–Trinajstić information content (AvgIpc) is 3.01. The lowest BCUT2D eigenvalue weighted by Gasteiger charge is -2.13. The Kier molecular flexibility index (Phi) is 4.24. The minimum absolute atomic E-state index is 0.186. The van der Waals surface area contributed by atoms with E-state index >= 15 is 0 Å². The molecule has 1 atom stereocenters. The van der Waals surface area contributed by atoms with Crippen LogP contribution in [0.15, 0.2) is 12.1 Å². The third-order valence-electron chi connectivity index (χ3n) is 2.86. The zero-order valence-electron chi connectivity index (χ0n) is 9.69. The normalized spacial score (nSPS) is 16.3. The Bertz CT molecular complexity index is 456. The number of rotatable bonds is 6. The molecule has 1 unspecified atom stereocenters. The van der Waals surface area contributed by atoms with Crippen LogP contribution in [-0.4, -0.2) is 23.0 Å². The van der Waals surface area contributed by atoms with E-state index < -0.39 is 12.0 Å². The molecule has 0 aromatic carbocycles. The third kappa shape index (κ3) is 3.99. The van der Waals surface area contributed by atoms with Crippen molar-refractivity contribution in [3.8, 4) is 0 Å². The lowest BCUT2D eigenvalue weighted by atomic mass is 10.1. The summed E-state index contributed by atoms with van der Waals surface area (Å²) in [6, 6.07) is 2.75. The van der Waals surface area contributed by atoms with E-state index in [1.54, 1.807) is 12.1 Å². The molecule has 1 heterocycles. The van der Waals surface area contributed by atoms with Gasteiger partial charge in [-0.3, -0.25) is 4.79 Å². The summed E-state index contributed by atoms with van der Waals surface area (Å²) in [5, 5.41) is 11.6. The van der Waals surface area contributed by atoms with Gasteiger partial charge in [-0.25, -0.2) is 4.79 Å². The van der Waals surface area contributed by atoms with E-state index in [4.69, 9.17) is 16.7 Å². The van der Waals surface area contributed by atoms with Gasteiger partial charge in [0.15, 0.2) is 0 Å². The molecule has 0 saturated heterocycles. The molecule has 1 saturated carbocycles. The van der Waals surface area contributed by atoms with Crippen molar-refractivity contribution in [2.75, 3.05) is 0 Å². The maximum Gasteiger partial charge on any atom is 0.326 e. The molecule has 1 aromatic heterocycles. The van der Waals surface area contributed by atoms with Crippen LogP contribution in [0.1, 0.15) is 24.1 Å². The van der Waals surface area contributed by atoms with Crippen molar-refractivity contribution in [3.05, 3.63) is 21.3 Å². The van der Waals surface area contributed by atoms with E-state index in [9.17, 15) is 9.59 Å². The summed E-state index contributed by atoms with van der Waals surface area (Å²) in [7, 11) is 0. The highest BCUT2D eigenvalue weighted by Gasteiger charge is 2.30. The first-order valence-corrected chi connectivity index (χ1v) is 7.00. The number of aliphatic carboxylic acids is 1. The highest BCUT2D eigenvalue weighted by atomic mass is 35.5. The van der Waals surface area contributed by atoms with Crippen LogP contribution in [0, 0.1) is 5.92 Å². The van der Waals surface area contributed by atoms with Crippen LogP contribution in [0.25, 0.3) is 0 Å². The monoisotopic (exact) mass is 287 g/mol. The van der Waals surface area contributed by atoms with E-state index in [0.29, 0.717) is 16.7 Å². The molecule has 98 valence electrons.